The molecule has 2 aromatic rings. The number of nitriles is 2. The van der Waals surface area contributed by atoms with E-state index >= 15 is 0 Å². The summed E-state index contributed by atoms with van der Waals surface area (Å²) in [4.78, 5) is 11.3. The lowest BCUT2D eigenvalue weighted by molar-refractivity contribution is -0.385. The van der Waals surface area contributed by atoms with Gasteiger partial charge in [-0.25, -0.2) is 0 Å². The highest BCUT2D eigenvalue weighted by molar-refractivity contribution is 7.99. The third-order valence-electron chi connectivity index (χ3n) is 3.33. The lowest BCUT2D eigenvalue weighted by atomic mass is 10.1. The molecule has 0 aliphatic carbocycles. The smallest absolute Gasteiger partial charge is 0.272 e. The SMILES string of the molecule is N#CC(C#N)=NNc1cc(SCCCc2ccccc2)cc([N+](=O)[O-])c1. The Kier molecular flexibility index (Phi) is 7.17. The van der Waals surface area contributed by atoms with Crippen molar-refractivity contribution in [2.45, 2.75) is 17.7 Å². The largest absolute Gasteiger partial charge is 0.276 e. The van der Waals surface area contributed by atoms with Crippen molar-refractivity contribution in [3.8, 4) is 12.1 Å². The molecule has 0 spiro atoms. The number of non-ortho nitro benzene ring substituents is 1. The molecule has 7 nitrogen and oxygen atoms in total. The topological polar surface area (TPSA) is 115 Å². The van der Waals surface area contributed by atoms with E-state index in [0.717, 1.165) is 23.5 Å². The van der Waals surface area contributed by atoms with Gasteiger partial charge in [0.15, 0.2) is 0 Å². The predicted octanol–water partition coefficient (Wildman–Crippen LogP) is 4.13. The quantitative estimate of drug-likeness (QED) is 0.247. The minimum Gasteiger partial charge on any atom is -0.276 e. The monoisotopic (exact) mass is 365 g/mol. The van der Waals surface area contributed by atoms with Crippen LogP contribution in [0.1, 0.15) is 12.0 Å². The molecule has 0 aliphatic rings. The Balaban J connectivity index is 2.02. The molecule has 26 heavy (non-hydrogen) atoms. The molecule has 0 radical (unpaired) electrons. The van der Waals surface area contributed by atoms with E-state index in [0.29, 0.717) is 5.69 Å². The number of anilines is 1. The molecule has 0 aromatic heterocycles. The Morgan fingerprint density at radius 3 is 2.58 bits per heavy atom. The number of benzene rings is 2. The Hall–Kier alpha value is -3.36. The minimum absolute atomic E-state index is 0.0776. The van der Waals surface area contributed by atoms with Crippen LogP contribution in [0.2, 0.25) is 0 Å². The van der Waals surface area contributed by atoms with E-state index in [1.54, 1.807) is 18.2 Å². The fourth-order valence-corrected chi connectivity index (χ4v) is 3.08. The highest BCUT2D eigenvalue weighted by Crippen LogP contribution is 2.28. The number of hydrogen-bond donors (Lipinski definition) is 1. The van der Waals surface area contributed by atoms with Crippen LogP contribution in [0.25, 0.3) is 0 Å². The van der Waals surface area contributed by atoms with Gasteiger partial charge in [-0.05, 0) is 30.2 Å². The van der Waals surface area contributed by atoms with Crippen molar-refractivity contribution in [1.82, 2.24) is 0 Å². The number of hydrogen-bond acceptors (Lipinski definition) is 7. The van der Waals surface area contributed by atoms with Crippen molar-refractivity contribution < 1.29 is 4.92 Å². The van der Waals surface area contributed by atoms with Crippen LogP contribution in [0.4, 0.5) is 11.4 Å². The molecule has 0 heterocycles. The fraction of sp³-hybridized carbons (Fsp3) is 0.167. The van der Waals surface area contributed by atoms with E-state index in [2.05, 4.69) is 22.7 Å². The average molecular weight is 365 g/mol. The van der Waals surface area contributed by atoms with Crippen LogP contribution in [0.15, 0.2) is 58.5 Å². The van der Waals surface area contributed by atoms with Crippen LogP contribution < -0.4 is 5.43 Å². The zero-order chi connectivity index (χ0) is 18.8. The molecule has 8 heteroatoms. The Morgan fingerprint density at radius 2 is 1.92 bits per heavy atom. The first-order valence-corrected chi connectivity index (χ1v) is 8.71. The number of rotatable bonds is 8. The minimum atomic E-state index is -0.488. The van der Waals surface area contributed by atoms with Gasteiger partial charge in [0.2, 0.25) is 5.71 Å². The van der Waals surface area contributed by atoms with Gasteiger partial charge in [0.05, 0.1) is 10.6 Å². The van der Waals surface area contributed by atoms with Crippen LogP contribution in [0.5, 0.6) is 0 Å². The van der Waals surface area contributed by atoms with E-state index in [-0.39, 0.29) is 11.4 Å². The number of aryl methyl sites for hydroxylation is 1. The summed E-state index contributed by atoms with van der Waals surface area (Å²) in [6.45, 7) is 0. The third-order valence-corrected chi connectivity index (χ3v) is 4.39. The number of thioether (sulfide) groups is 1. The second-order valence-electron chi connectivity index (χ2n) is 5.21. The molecule has 2 aromatic carbocycles. The van der Waals surface area contributed by atoms with Crippen LogP contribution >= 0.6 is 11.8 Å². The Labute approximate surface area is 155 Å². The summed E-state index contributed by atoms with van der Waals surface area (Å²) in [5.74, 6) is 0.806. The van der Waals surface area contributed by atoms with Gasteiger partial charge in [-0.3, -0.25) is 15.5 Å². The van der Waals surface area contributed by atoms with E-state index in [4.69, 9.17) is 10.5 Å². The van der Waals surface area contributed by atoms with Crippen LogP contribution in [0.3, 0.4) is 0 Å². The molecule has 2 rings (SSSR count). The van der Waals surface area contributed by atoms with Crippen LogP contribution in [0, 0.1) is 32.8 Å². The van der Waals surface area contributed by atoms with E-state index in [1.165, 1.54) is 29.5 Å². The van der Waals surface area contributed by atoms with Crippen LogP contribution in [-0.2, 0) is 6.42 Å². The molecular formula is C18H15N5O2S. The van der Waals surface area contributed by atoms with Gasteiger partial charge in [0.25, 0.3) is 5.69 Å². The number of nitrogens with zero attached hydrogens (tertiary/aromatic N) is 4. The molecule has 0 amide bonds. The fourth-order valence-electron chi connectivity index (χ4n) is 2.14. The third kappa shape index (κ3) is 5.93. The first-order chi connectivity index (χ1) is 12.6. The summed E-state index contributed by atoms with van der Waals surface area (Å²) in [5.41, 5.74) is 3.70. The molecule has 0 atom stereocenters. The number of nitro benzene ring substituents is 1. The molecule has 0 fully saturated rings. The van der Waals surface area contributed by atoms with Crippen LogP contribution in [-0.4, -0.2) is 16.4 Å². The molecule has 0 unspecified atom stereocenters. The lowest BCUT2D eigenvalue weighted by Crippen LogP contribution is -1.98. The normalized spacial score (nSPS) is 9.62. The second kappa shape index (κ2) is 9.82. The molecule has 0 saturated heterocycles. The van der Waals surface area contributed by atoms with Crippen molar-refractivity contribution in [1.29, 1.82) is 10.5 Å². The molecule has 0 bridgehead atoms. The van der Waals surface area contributed by atoms with Gasteiger partial charge >= 0.3 is 0 Å². The van der Waals surface area contributed by atoms with Gasteiger partial charge in [-0.2, -0.15) is 15.6 Å². The van der Waals surface area contributed by atoms with Gasteiger partial charge in [-0.1, -0.05) is 30.3 Å². The standard InChI is InChI=1S/C18H15N5O2S/c19-12-16(13-20)22-21-15-9-17(23(24)25)11-18(10-15)26-8-4-7-14-5-2-1-3-6-14/h1-3,5-6,9-11,21H,4,7-8H2. The average Bonchev–Trinajstić information content (AvgIpc) is 2.67. The molecule has 130 valence electrons. The maximum absolute atomic E-state index is 11.1. The summed E-state index contributed by atoms with van der Waals surface area (Å²) in [6, 6.07) is 17.9. The Bertz CT molecular complexity index is 869. The second-order valence-corrected chi connectivity index (χ2v) is 6.37. The van der Waals surface area contributed by atoms with Crippen molar-refractivity contribution in [2.75, 3.05) is 11.2 Å². The summed E-state index contributed by atoms with van der Waals surface area (Å²) >= 11 is 1.51. The van der Waals surface area contributed by atoms with Crippen molar-refractivity contribution >= 4 is 28.8 Å². The zero-order valence-electron chi connectivity index (χ0n) is 13.8. The summed E-state index contributed by atoms with van der Waals surface area (Å²) in [5, 5.41) is 32.1. The summed E-state index contributed by atoms with van der Waals surface area (Å²) in [7, 11) is 0. The van der Waals surface area contributed by atoms with Gasteiger partial charge < -0.3 is 0 Å². The number of hydrazone groups is 1. The van der Waals surface area contributed by atoms with Crippen molar-refractivity contribution in [3.63, 3.8) is 0 Å². The Morgan fingerprint density at radius 1 is 1.19 bits per heavy atom. The van der Waals surface area contributed by atoms with Gasteiger partial charge in [0.1, 0.15) is 12.1 Å². The number of nitro groups is 1. The van der Waals surface area contributed by atoms with Gasteiger partial charge in [-0.15, -0.1) is 11.8 Å². The van der Waals surface area contributed by atoms with Gasteiger partial charge in [0, 0.05) is 17.0 Å². The van der Waals surface area contributed by atoms with E-state index in [1.807, 2.05) is 18.2 Å². The highest BCUT2D eigenvalue weighted by atomic mass is 32.2. The summed E-state index contributed by atoms with van der Waals surface area (Å²) in [6.07, 6.45) is 1.87. The first kappa shape index (κ1) is 19.0. The van der Waals surface area contributed by atoms with E-state index in [9.17, 15) is 10.1 Å². The van der Waals surface area contributed by atoms with Crippen molar-refractivity contribution in [3.05, 3.63) is 64.2 Å². The maximum Gasteiger partial charge on any atom is 0.272 e. The lowest BCUT2D eigenvalue weighted by Gasteiger charge is -2.06. The zero-order valence-corrected chi connectivity index (χ0v) is 14.6. The molecule has 0 saturated carbocycles. The maximum atomic E-state index is 11.1. The molecule has 1 N–H and O–H groups in total. The molecule has 0 aliphatic heterocycles. The highest BCUT2D eigenvalue weighted by Gasteiger charge is 2.10. The van der Waals surface area contributed by atoms with E-state index < -0.39 is 4.92 Å². The molecular weight excluding hydrogens is 350 g/mol. The number of nitrogens with one attached hydrogen (secondary N) is 1. The van der Waals surface area contributed by atoms with Crippen molar-refractivity contribution in [2.24, 2.45) is 5.10 Å². The first-order valence-electron chi connectivity index (χ1n) is 7.72. The predicted molar refractivity (Wildman–Crippen MR) is 101 cm³/mol. The summed E-state index contributed by atoms with van der Waals surface area (Å²) < 4.78 is 0.